The van der Waals surface area contributed by atoms with Crippen LogP contribution in [-0.2, 0) is 17.9 Å². The van der Waals surface area contributed by atoms with Crippen LogP contribution in [0.25, 0.3) is 0 Å². The molecule has 3 rings (SSSR count). The number of aromatic amines is 1. The van der Waals surface area contributed by atoms with E-state index in [2.05, 4.69) is 4.98 Å². The summed E-state index contributed by atoms with van der Waals surface area (Å²) in [6.45, 7) is -0.0958. The molecule has 29 heavy (non-hydrogen) atoms. The number of aromatic nitrogens is 2. The van der Waals surface area contributed by atoms with Gasteiger partial charge in [0, 0.05) is 18.2 Å². The third-order valence-corrected chi connectivity index (χ3v) is 4.14. The van der Waals surface area contributed by atoms with Crippen molar-refractivity contribution >= 4 is 0 Å². The first-order valence-corrected chi connectivity index (χ1v) is 9.01. The second-order valence-corrected chi connectivity index (χ2v) is 6.25. The lowest BCUT2D eigenvalue weighted by Gasteiger charge is -2.10. The maximum Gasteiger partial charge on any atom is 0.330 e. The maximum atomic E-state index is 12.2. The molecule has 0 aliphatic heterocycles. The number of aliphatic hydroxyl groups is 1. The van der Waals surface area contributed by atoms with Gasteiger partial charge in [0.15, 0.2) is 0 Å². The van der Waals surface area contributed by atoms with Crippen LogP contribution in [0.4, 0.5) is 0 Å². The minimum absolute atomic E-state index is 0.0518. The summed E-state index contributed by atoms with van der Waals surface area (Å²) in [6.07, 6.45) is 1.78. The Hall–Kier alpha value is -3.36. The summed E-state index contributed by atoms with van der Waals surface area (Å²) >= 11 is 0. The Balaban J connectivity index is 1.76. The summed E-state index contributed by atoms with van der Waals surface area (Å²) in [5, 5.41) is 8.78. The molecule has 0 aliphatic rings. The van der Waals surface area contributed by atoms with Gasteiger partial charge >= 0.3 is 5.69 Å². The largest absolute Gasteiger partial charge is 0.497 e. The zero-order valence-electron chi connectivity index (χ0n) is 16.0. The van der Waals surface area contributed by atoms with E-state index in [1.807, 2.05) is 24.3 Å². The molecule has 0 unspecified atom stereocenters. The smallest absolute Gasteiger partial charge is 0.330 e. The minimum atomic E-state index is -0.562. The summed E-state index contributed by atoms with van der Waals surface area (Å²) in [5.74, 6) is 2.03. The van der Waals surface area contributed by atoms with Crippen molar-refractivity contribution in [1.82, 2.24) is 9.55 Å². The van der Waals surface area contributed by atoms with E-state index in [0.717, 1.165) is 11.3 Å². The second-order valence-electron chi connectivity index (χ2n) is 6.25. The first kappa shape index (κ1) is 20.4. The molecule has 3 aromatic rings. The number of nitrogens with zero attached hydrogens (tertiary/aromatic N) is 1. The standard InChI is InChI=1S/C21H22N2O6/c1-27-17-5-7-18(8-6-17)29-19-4-2-3-15(12-19)11-16-13-23(14-28-10-9-24)21(26)22-20(16)25/h2-8,12-13,24H,9-11,14H2,1H3,(H,22,25,26). The van der Waals surface area contributed by atoms with Crippen LogP contribution in [0.3, 0.4) is 0 Å². The molecule has 1 heterocycles. The summed E-state index contributed by atoms with van der Waals surface area (Å²) in [5.41, 5.74) is 0.255. The van der Waals surface area contributed by atoms with Crippen LogP contribution >= 0.6 is 0 Å². The van der Waals surface area contributed by atoms with Gasteiger partial charge in [-0.25, -0.2) is 4.79 Å². The van der Waals surface area contributed by atoms with Crippen LogP contribution in [0.15, 0.2) is 64.3 Å². The van der Waals surface area contributed by atoms with Gasteiger partial charge in [0.25, 0.3) is 5.56 Å². The number of benzene rings is 2. The topological polar surface area (TPSA) is 103 Å². The summed E-state index contributed by atoms with van der Waals surface area (Å²) in [6, 6.07) is 14.6. The molecular weight excluding hydrogens is 376 g/mol. The van der Waals surface area contributed by atoms with Gasteiger partial charge in [-0.1, -0.05) is 12.1 Å². The molecule has 2 aromatic carbocycles. The molecule has 0 aliphatic carbocycles. The molecule has 0 saturated carbocycles. The Labute approximate surface area is 166 Å². The summed E-state index contributed by atoms with van der Waals surface area (Å²) in [7, 11) is 1.60. The Morgan fingerprint density at radius 2 is 1.79 bits per heavy atom. The highest BCUT2D eigenvalue weighted by Gasteiger charge is 2.08. The van der Waals surface area contributed by atoms with Crippen LogP contribution in [0.5, 0.6) is 17.2 Å². The molecule has 8 heteroatoms. The quantitative estimate of drug-likeness (QED) is 0.534. The Morgan fingerprint density at radius 1 is 1.03 bits per heavy atom. The van der Waals surface area contributed by atoms with Gasteiger partial charge in [0.2, 0.25) is 0 Å². The number of aliphatic hydroxyl groups excluding tert-OH is 1. The van der Waals surface area contributed by atoms with E-state index in [-0.39, 0.29) is 19.9 Å². The molecule has 0 fully saturated rings. The molecule has 1 aromatic heterocycles. The van der Waals surface area contributed by atoms with Crippen molar-refractivity contribution in [2.24, 2.45) is 0 Å². The molecule has 0 atom stereocenters. The lowest BCUT2D eigenvalue weighted by atomic mass is 10.1. The van der Waals surface area contributed by atoms with E-state index in [9.17, 15) is 9.59 Å². The van der Waals surface area contributed by atoms with Crippen molar-refractivity contribution in [2.45, 2.75) is 13.2 Å². The van der Waals surface area contributed by atoms with Gasteiger partial charge in [0.1, 0.15) is 24.0 Å². The fourth-order valence-electron chi connectivity index (χ4n) is 2.72. The Morgan fingerprint density at radius 3 is 2.52 bits per heavy atom. The van der Waals surface area contributed by atoms with E-state index >= 15 is 0 Å². The highest BCUT2D eigenvalue weighted by molar-refractivity contribution is 5.37. The van der Waals surface area contributed by atoms with E-state index in [1.165, 1.54) is 10.8 Å². The predicted molar refractivity (Wildman–Crippen MR) is 107 cm³/mol. The van der Waals surface area contributed by atoms with Crippen LogP contribution in [-0.4, -0.2) is 35.0 Å². The monoisotopic (exact) mass is 398 g/mol. The van der Waals surface area contributed by atoms with Crippen LogP contribution in [0.1, 0.15) is 11.1 Å². The third-order valence-electron chi connectivity index (χ3n) is 4.14. The first-order valence-electron chi connectivity index (χ1n) is 9.01. The molecule has 2 N–H and O–H groups in total. The van der Waals surface area contributed by atoms with E-state index < -0.39 is 11.2 Å². The zero-order valence-corrected chi connectivity index (χ0v) is 16.0. The fraction of sp³-hybridized carbons (Fsp3) is 0.238. The average molecular weight is 398 g/mol. The number of ether oxygens (including phenoxy) is 3. The molecule has 8 nitrogen and oxygen atoms in total. The molecule has 0 spiro atoms. The number of nitrogens with one attached hydrogen (secondary N) is 1. The zero-order chi connectivity index (χ0) is 20.6. The van der Waals surface area contributed by atoms with Gasteiger partial charge in [-0.05, 0) is 42.0 Å². The van der Waals surface area contributed by atoms with Crippen molar-refractivity contribution in [3.63, 3.8) is 0 Å². The molecular formula is C21H22N2O6. The average Bonchev–Trinajstić information content (AvgIpc) is 2.72. The number of rotatable bonds is 9. The molecule has 152 valence electrons. The van der Waals surface area contributed by atoms with Crippen molar-refractivity contribution in [3.05, 3.63) is 86.7 Å². The molecule has 0 radical (unpaired) electrons. The van der Waals surface area contributed by atoms with E-state index in [0.29, 0.717) is 23.5 Å². The van der Waals surface area contributed by atoms with Gasteiger partial charge in [-0.3, -0.25) is 14.3 Å². The summed E-state index contributed by atoms with van der Waals surface area (Å²) in [4.78, 5) is 26.3. The van der Waals surface area contributed by atoms with Crippen LogP contribution in [0.2, 0.25) is 0 Å². The summed E-state index contributed by atoms with van der Waals surface area (Å²) < 4.78 is 17.4. The van der Waals surface area contributed by atoms with E-state index in [1.54, 1.807) is 31.4 Å². The van der Waals surface area contributed by atoms with Gasteiger partial charge in [0.05, 0.1) is 20.3 Å². The van der Waals surface area contributed by atoms with Gasteiger partial charge < -0.3 is 19.3 Å². The van der Waals surface area contributed by atoms with Gasteiger partial charge in [-0.2, -0.15) is 0 Å². The van der Waals surface area contributed by atoms with Crippen LogP contribution in [0, 0.1) is 0 Å². The highest BCUT2D eigenvalue weighted by Crippen LogP contribution is 2.24. The third kappa shape index (κ3) is 5.56. The van der Waals surface area contributed by atoms with Crippen LogP contribution < -0.4 is 20.7 Å². The van der Waals surface area contributed by atoms with Gasteiger partial charge in [-0.15, -0.1) is 0 Å². The second kappa shape index (κ2) is 9.72. The van der Waals surface area contributed by atoms with Crippen molar-refractivity contribution in [1.29, 1.82) is 0 Å². The number of hydrogen-bond donors (Lipinski definition) is 2. The normalized spacial score (nSPS) is 10.7. The SMILES string of the molecule is COc1ccc(Oc2cccc(Cc3cn(COCCO)c(=O)[nH]c3=O)c2)cc1. The maximum absolute atomic E-state index is 12.2. The Kier molecular flexibility index (Phi) is 6.83. The highest BCUT2D eigenvalue weighted by atomic mass is 16.5. The van der Waals surface area contributed by atoms with Crippen molar-refractivity contribution in [2.75, 3.05) is 20.3 Å². The first-order chi connectivity index (χ1) is 14.1. The fourth-order valence-corrected chi connectivity index (χ4v) is 2.72. The molecule has 0 bridgehead atoms. The number of methoxy groups -OCH3 is 1. The van der Waals surface area contributed by atoms with Crippen molar-refractivity contribution < 1.29 is 19.3 Å². The van der Waals surface area contributed by atoms with Crippen molar-refractivity contribution in [3.8, 4) is 17.2 Å². The minimum Gasteiger partial charge on any atom is -0.497 e. The van der Waals surface area contributed by atoms with E-state index in [4.69, 9.17) is 19.3 Å². The lowest BCUT2D eigenvalue weighted by Crippen LogP contribution is -2.32. The lowest BCUT2D eigenvalue weighted by molar-refractivity contribution is 0.0455. The molecule has 0 saturated heterocycles. The molecule has 0 amide bonds. The number of H-pyrrole nitrogens is 1. The Bertz CT molecular complexity index is 1060. The predicted octanol–water partition coefficient (Wildman–Crippen LogP) is 1.89. The number of hydrogen-bond acceptors (Lipinski definition) is 6.